The minimum Gasteiger partial charge on any atom is -0.465 e. The minimum atomic E-state index is -0.463. The third-order valence-electron chi connectivity index (χ3n) is 5.79. The van der Waals surface area contributed by atoms with Crippen molar-refractivity contribution in [3.63, 3.8) is 0 Å². The average Bonchev–Trinajstić information content (AvgIpc) is 3.32. The molecule has 1 unspecified atom stereocenters. The molecular formula is C20H28N6O3. The number of H-pyrrole nitrogens is 1. The molecule has 0 aromatic carbocycles. The van der Waals surface area contributed by atoms with Crippen LogP contribution in [0.1, 0.15) is 48.3 Å². The Labute approximate surface area is 169 Å². The van der Waals surface area contributed by atoms with Gasteiger partial charge in [0.2, 0.25) is 11.8 Å². The van der Waals surface area contributed by atoms with Gasteiger partial charge >= 0.3 is 0 Å². The van der Waals surface area contributed by atoms with Crippen LogP contribution in [0, 0.1) is 13.8 Å². The Kier molecular flexibility index (Phi) is 5.66. The van der Waals surface area contributed by atoms with Gasteiger partial charge in [0.25, 0.3) is 0 Å². The first-order chi connectivity index (χ1) is 14.0. The number of aryl methyl sites for hydroxylation is 2. The van der Waals surface area contributed by atoms with Gasteiger partial charge in [0.05, 0.1) is 19.0 Å². The Morgan fingerprint density at radius 2 is 2.03 bits per heavy atom. The number of furan rings is 1. The number of aromatic amines is 1. The summed E-state index contributed by atoms with van der Waals surface area (Å²) in [5.74, 6) is 3.53. The number of carbonyl (C=O) groups is 2. The molecule has 2 aliphatic rings. The summed E-state index contributed by atoms with van der Waals surface area (Å²) in [6.45, 7) is 6.95. The van der Waals surface area contributed by atoms with E-state index in [1.165, 1.54) is 0 Å². The number of hydrogen-bond acceptors (Lipinski definition) is 6. The molecule has 2 amide bonds. The van der Waals surface area contributed by atoms with Gasteiger partial charge in [-0.15, -0.1) is 0 Å². The summed E-state index contributed by atoms with van der Waals surface area (Å²) in [4.78, 5) is 33.7. The third kappa shape index (κ3) is 4.50. The molecule has 2 aromatic heterocycles. The first-order valence-corrected chi connectivity index (χ1v) is 10.2. The van der Waals surface area contributed by atoms with E-state index in [4.69, 9.17) is 4.42 Å². The maximum Gasteiger partial charge on any atom is 0.237 e. The van der Waals surface area contributed by atoms with E-state index in [0.717, 1.165) is 36.0 Å². The van der Waals surface area contributed by atoms with Crippen molar-refractivity contribution in [1.82, 2.24) is 30.3 Å². The second kappa shape index (κ2) is 8.36. The molecule has 0 bridgehead atoms. The maximum atomic E-state index is 12.9. The molecule has 0 spiro atoms. The van der Waals surface area contributed by atoms with Crippen molar-refractivity contribution in [2.45, 2.75) is 51.6 Å². The number of likely N-dealkylation sites (tertiary alicyclic amines) is 1. The quantitative estimate of drug-likeness (QED) is 0.779. The first kappa shape index (κ1) is 19.6. The van der Waals surface area contributed by atoms with Crippen molar-refractivity contribution in [2.24, 2.45) is 0 Å². The predicted octanol–water partition coefficient (Wildman–Crippen LogP) is 1.11. The van der Waals surface area contributed by atoms with Crippen molar-refractivity contribution < 1.29 is 14.0 Å². The molecule has 2 N–H and O–H groups in total. The van der Waals surface area contributed by atoms with Crippen molar-refractivity contribution >= 4 is 11.8 Å². The average molecular weight is 400 g/mol. The topological polar surface area (TPSA) is 107 Å². The number of carbonyl (C=O) groups excluding carboxylic acids is 2. The number of aromatic nitrogens is 3. The number of piperidine rings is 1. The molecule has 0 aliphatic carbocycles. The van der Waals surface area contributed by atoms with Gasteiger partial charge in [-0.3, -0.25) is 19.6 Å². The maximum absolute atomic E-state index is 12.9. The van der Waals surface area contributed by atoms with Crippen LogP contribution in [0.25, 0.3) is 0 Å². The lowest BCUT2D eigenvalue weighted by atomic mass is 9.95. The highest BCUT2D eigenvalue weighted by Crippen LogP contribution is 2.26. The Morgan fingerprint density at radius 3 is 2.69 bits per heavy atom. The molecule has 0 radical (unpaired) electrons. The van der Waals surface area contributed by atoms with E-state index in [1.54, 1.807) is 0 Å². The summed E-state index contributed by atoms with van der Waals surface area (Å²) in [5.41, 5.74) is 0. The van der Waals surface area contributed by atoms with Crippen molar-refractivity contribution in [1.29, 1.82) is 0 Å². The van der Waals surface area contributed by atoms with Gasteiger partial charge in [0.1, 0.15) is 17.3 Å². The number of piperazine rings is 1. The molecule has 29 heavy (non-hydrogen) atoms. The zero-order chi connectivity index (χ0) is 20.4. The van der Waals surface area contributed by atoms with Crippen LogP contribution in [0.2, 0.25) is 0 Å². The van der Waals surface area contributed by atoms with E-state index in [1.807, 2.05) is 35.8 Å². The summed E-state index contributed by atoms with van der Waals surface area (Å²) in [5, 5.41) is 10.0. The standard InChI is InChI=1S/C20H28N6O3/c1-13-3-4-16(29-13)12-26-10-7-21-20(28)17(26)11-18(27)25-8-5-15(6-9-25)19-22-14(2)23-24-19/h3-4,15,17H,5-12H2,1-2H3,(H,21,28)(H,22,23,24). The molecule has 1 atom stereocenters. The van der Waals surface area contributed by atoms with Gasteiger partial charge < -0.3 is 14.6 Å². The van der Waals surface area contributed by atoms with E-state index in [0.29, 0.717) is 32.7 Å². The molecule has 2 aliphatic heterocycles. The monoisotopic (exact) mass is 400 g/mol. The van der Waals surface area contributed by atoms with Crippen LogP contribution in [0.4, 0.5) is 0 Å². The third-order valence-corrected chi connectivity index (χ3v) is 5.79. The lowest BCUT2D eigenvalue weighted by Gasteiger charge is -2.36. The van der Waals surface area contributed by atoms with Crippen molar-refractivity contribution in [3.05, 3.63) is 35.3 Å². The largest absolute Gasteiger partial charge is 0.465 e. The second-order valence-electron chi connectivity index (χ2n) is 7.93. The molecule has 4 heterocycles. The fourth-order valence-corrected chi connectivity index (χ4v) is 4.17. The van der Waals surface area contributed by atoms with Crippen molar-refractivity contribution in [3.8, 4) is 0 Å². The SMILES string of the molecule is Cc1nc(C2CCN(C(=O)CC3C(=O)NCCN3Cc3ccc(C)o3)CC2)n[nH]1. The lowest BCUT2D eigenvalue weighted by Crippen LogP contribution is -2.56. The van der Waals surface area contributed by atoms with Crippen LogP contribution in [0.5, 0.6) is 0 Å². The molecule has 156 valence electrons. The summed E-state index contributed by atoms with van der Waals surface area (Å²) in [7, 11) is 0. The zero-order valence-electron chi connectivity index (χ0n) is 17.0. The minimum absolute atomic E-state index is 0.0253. The second-order valence-corrected chi connectivity index (χ2v) is 7.93. The molecule has 9 nitrogen and oxygen atoms in total. The lowest BCUT2D eigenvalue weighted by molar-refractivity contribution is -0.139. The summed E-state index contributed by atoms with van der Waals surface area (Å²) in [6.07, 6.45) is 1.88. The van der Waals surface area contributed by atoms with Gasteiger partial charge in [-0.2, -0.15) is 5.10 Å². The predicted molar refractivity (Wildman–Crippen MR) is 105 cm³/mol. The van der Waals surface area contributed by atoms with Gasteiger partial charge in [-0.1, -0.05) is 0 Å². The highest BCUT2D eigenvalue weighted by Gasteiger charge is 2.34. The Hall–Kier alpha value is -2.68. The highest BCUT2D eigenvalue weighted by molar-refractivity contribution is 5.88. The number of hydrogen-bond donors (Lipinski definition) is 2. The van der Waals surface area contributed by atoms with Crippen LogP contribution in [-0.4, -0.2) is 69.0 Å². The van der Waals surface area contributed by atoms with Gasteiger partial charge in [0.15, 0.2) is 5.82 Å². The Morgan fingerprint density at radius 1 is 1.24 bits per heavy atom. The molecular weight excluding hydrogens is 372 g/mol. The summed E-state index contributed by atoms with van der Waals surface area (Å²) < 4.78 is 5.66. The summed E-state index contributed by atoms with van der Waals surface area (Å²) in [6, 6.07) is 3.38. The van der Waals surface area contributed by atoms with E-state index in [2.05, 4.69) is 20.5 Å². The molecule has 2 saturated heterocycles. The van der Waals surface area contributed by atoms with Crippen LogP contribution < -0.4 is 5.32 Å². The number of nitrogens with zero attached hydrogens (tertiary/aromatic N) is 4. The molecule has 0 saturated carbocycles. The highest BCUT2D eigenvalue weighted by atomic mass is 16.3. The van der Waals surface area contributed by atoms with Crippen LogP contribution in [0.15, 0.2) is 16.5 Å². The number of nitrogens with one attached hydrogen (secondary N) is 2. The van der Waals surface area contributed by atoms with E-state index in [-0.39, 0.29) is 24.2 Å². The van der Waals surface area contributed by atoms with Gasteiger partial charge in [-0.05, 0) is 38.8 Å². The summed E-state index contributed by atoms with van der Waals surface area (Å²) >= 11 is 0. The molecule has 9 heteroatoms. The smallest absolute Gasteiger partial charge is 0.237 e. The van der Waals surface area contributed by atoms with Crippen LogP contribution in [-0.2, 0) is 16.1 Å². The van der Waals surface area contributed by atoms with Crippen molar-refractivity contribution in [2.75, 3.05) is 26.2 Å². The number of rotatable bonds is 5. The fourth-order valence-electron chi connectivity index (χ4n) is 4.17. The van der Waals surface area contributed by atoms with Crippen LogP contribution >= 0.6 is 0 Å². The molecule has 4 rings (SSSR count). The van der Waals surface area contributed by atoms with E-state index >= 15 is 0 Å². The van der Waals surface area contributed by atoms with Gasteiger partial charge in [-0.25, -0.2) is 4.98 Å². The molecule has 2 aromatic rings. The zero-order valence-corrected chi connectivity index (χ0v) is 17.0. The van der Waals surface area contributed by atoms with E-state index < -0.39 is 6.04 Å². The molecule has 2 fully saturated rings. The normalized spacial score (nSPS) is 21.4. The van der Waals surface area contributed by atoms with E-state index in [9.17, 15) is 9.59 Å². The fraction of sp³-hybridized carbons (Fsp3) is 0.600. The Balaban J connectivity index is 1.35. The first-order valence-electron chi connectivity index (χ1n) is 10.2. The van der Waals surface area contributed by atoms with Gasteiger partial charge in [0, 0.05) is 32.1 Å². The van der Waals surface area contributed by atoms with Crippen LogP contribution in [0.3, 0.4) is 0 Å². The number of amides is 2. The Bertz CT molecular complexity index is 867.